The molecular weight excluding hydrogens is 314 g/mol. The van der Waals surface area contributed by atoms with Crippen molar-refractivity contribution in [2.75, 3.05) is 13.1 Å². The molecule has 0 saturated carbocycles. The highest BCUT2D eigenvalue weighted by Crippen LogP contribution is 2.31. The van der Waals surface area contributed by atoms with E-state index in [0.29, 0.717) is 0 Å². The van der Waals surface area contributed by atoms with Crippen LogP contribution in [0.15, 0.2) is 23.1 Å². The average molecular weight is 332 g/mol. The van der Waals surface area contributed by atoms with E-state index < -0.39 is 15.6 Å². The Morgan fingerprint density at radius 3 is 2.67 bits per heavy atom. The van der Waals surface area contributed by atoms with Gasteiger partial charge in [0.25, 0.3) is 0 Å². The Hall–Kier alpha value is -1.15. The maximum Gasteiger partial charge on any atom is 0.245 e. The number of carbonyl (C=O) groups excluding carboxylic acids is 1. The SMILES string of the molecule is CC1(C)C(=O)NCCN1S(=O)(=O)c1ccc(CN)cc1Cl. The zero-order chi connectivity index (χ0) is 15.8. The Balaban J connectivity index is 2.49. The second-order valence-corrected chi connectivity index (χ2v) is 7.60. The van der Waals surface area contributed by atoms with Crippen LogP contribution in [0, 0.1) is 0 Å². The van der Waals surface area contributed by atoms with Gasteiger partial charge < -0.3 is 11.1 Å². The van der Waals surface area contributed by atoms with E-state index in [0.717, 1.165) is 5.56 Å². The lowest BCUT2D eigenvalue weighted by Gasteiger charge is -2.40. The molecule has 1 saturated heterocycles. The van der Waals surface area contributed by atoms with Crippen LogP contribution in [0.4, 0.5) is 0 Å². The first kappa shape index (κ1) is 16.2. The molecule has 0 atom stereocenters. The fourth-order valence-electron chi connectivity index (χ4n) is 2.30. The van der Waals surface area contributed by atoms with Crippen molar-refractivity contribution in [3.05, 3.63) is 28.8 Å². The monoisotopic (exact) mass is 331 g/mol. The number of nitrogens with zero attached hydrogens (tertiary/aromatic N) is 1. The largest absolute Gasteiger partial charge is 0.353 e. The molecule has 1 fully saturated rings. The highest BCUT2D eigenvalue weighted by molar-refractivity contribution is 7.89. The van der Waals surface area contributed by atoms with Gasteiger partial charge in [0.15, 0.2) is 0 Å². The molecule has 0 spiro atoms. The summed E-state index contributed by atoms with van der Waals surface area (Å²) in [5.74, 6) is -0.327. The molecule has 8 heteroatoms. The highest BCUT2D eigenvalue weighted by Gasteiger charge is 2.45. The summed E-state index contributed by atoms with van der Waals surface area (Å²) in [6.07, 6.45) is 0. The first-order valence-electron chi connectivity index (χ1n) is 6.51. The van der Waals surface area contributed by atoms with Crippen LogP contribution in [0.2, 0.25) is 5.02 Å². The molecule has 1 aromatic carbocycles. The van der Waals surface area contributed by atoms with Crippen molar-refractivity contribution in [1.82, 2.24) is 9.62 Å². The number of rotatable bonds is 3. The number of sulfonamides is 1. The van der Waals surface area contributed by atoms with E-state index >= 15 is 0 Å². The zero-order valence-corrected chi connectivity index (χ0v) is 13.5. The Kier molecular flexibility index (Phi) is 4.30. The zero-order valence-electron chi connectivity index (χ0n) is 11.9. The Morgan fingerprint density at radius 2 is 2.10 bits per heavy atom. The third kappa shape index (κ3) is 2.78. The molecule has 0 bridgehead atoms. The molecule has 2 rings (SSSR count). The van der Waals surface area contributed by atoms with Gasteiger partial charge in [-0.1, -0.05) is 17.7 Å². The van der Waals surface area contributed by atoms with Crippen molar-refractivity contribution in [2.45, 2.75) is 30.8 Å². The summed E-state index contributed by atoms with van der Waals surface area (Å²) in [5.41, 5.74) is 5.10. The number of nitrogens with one attached hydrogen (secondary N) is 1. The lowest BCUT2D eigenvalue weighted by molar-refractivity contribution is -0.131. The number of nitrogens with two attached hydrogens (primary N) is 1. The van der Waals surface area contributed by atoms with Crippen LogP contribution in [0.1, 0.15) is 19.4 Å². The van der Waals surface area contributed by atoms with Crippen molar-refractivity contribution in [3.63, 3.8) is 0 Å². The van der Waals surface area contributed by atoms with Crippen LogP contribution >= 0.6 is 11.6 Å². The van der Waals surface area contributed by atoms with Crippen LogP contribution in [0.25, 0.3) is 0 Å². The summed E-state index contributed by atoms with van der Waals surface area (Å²) < 4.78 is 26.8. The smallest absolute Gasteiger partial charge is 0.245 e. The molecule has 0 unspecified atom stereocenters. The van der Waals surface area contributed by atoms with Gasteiger partial charge in [-0.15, -0.1) is 0 Å². The van der Waals surface area contributed by atoms with Crippen molar-refractivity contribution in [2.24, 2.45) is 5.73 Å². The van der Waals surface area contributed by atoms with Crippen LogP contribution in [-0.2, 0) is 21.4 Å². The van der Waals surface area contributed by atoms with Crippen molar-refractivity contribution in [1.29, 1.82) is 0 Å². The van der Waals surface area contributed by atoms with Gasteiger partial charge in [0.1, 0.15) is 10.4 Å². The predicted octanol–water partition coefficient (Wildman–Crippen LogP) is 0.698. The maximum absolute atomic E-state index is 12.8. The Labute approximate surface area is 129 Å². The molecule has 1 aromatic rings. The van der Waals surface area contributed by atoms with Gasteiger partial charge in [0.05, 0.1) is 5.02 Å². The maximum atomic E-state index is 12.8. The Bertz CT molecular complexity index is 673. The minimum atomic E-state index is -3.86. The van der Waals surface area contributed by atoms with Crippen molar-refractivity contribution in [3.8, 4) is 0 Å². The van der Waals surface area contributed by atoms with Crippen molar-refractivity contribution < 1.29 is 13.2 Å². The highest BCUT2D eigenvalue weighted by atomic mass is 35.5. The second-order valence-electron chi connectivity index (χ2n) is 5.36. The molecule has 0 aromatic heterocycles. The molecule has 0 radical (unpaired) electrons. The summed E-state index contributed by atoms with van der Waals surface area (Å²) in [6, 6.07) is 4.59. The van der Waals surface area contributed by atoms with Gasteiger partial charge >= 0.3 is 0 Å². The van der Waals surface area contributed by atoms with E-state index in [1.807, 2.05) is 0 Å². The van der Waals surface area contributed by atoms with E-state index in [1.165, 1.54) is 16.4 Å². The van der Waals surface area contributed by atoms with Crippen molar-refractivity contribution >= 4 is 27.5 Å². The molecule has 1 heterocycles. The summed E-state index contributed by atoms with van der Waals surface area (Å²) in [6.45, 7) is 3.90. The van der Waals surface area contributed by atoms with Crippen LogP contribution in [0.5, 0.6) is 0 Å². The number of amides is 1. The van der Waals surface area contributed by atoms with Gasteiger partial charge in [-0.2, -0.15) is 4.31 Å². The lowest BCUT2D eigenvalue weighted by Crippen LogP contribution is -2.63. The van der Waals surface area contributed by atoms with E-state index in [9.17, 15) is 13.2 Å². The van der Waals surface area contributed by atoms with E-state index in [1.54, 1.807) is 19.9 Å². The number of hydrogen-bond acceptors (Lipinski definition) is 4. The van der Waals surface area contributed by atoms with E-state index in [-0.39, 0.29) is 35.5 Å². The number of halogens is 1. The minimum absolute atomic E-state index is 0.0101. The summed E-state index contributed by atoms with van der Waals surface area (Å²) >= 11 is 6.08. The fourth-order valence-corrected chi connectivity index (χ4v) is 4.59. The molecule has 1 aliphatic rings. The Morgan fingerprint density at radius 1 is 1.43 bits per heavy atom. The molecule has 0 aliphatic carbocycles. The van der Waals surface area contributed by atoms with Gasteiger partial charge in [0.2, 0.25) is 15.9 Å². The first-order chi connectivity index (χ1) is 9.71. The minimum Gasteiger partial charge on any atom is -0.353 e. The summed E-state index contributed by atoms with van der Waals surface area (Å²) in [5, 5.41) is 2.77. The third-order valence-corrected chi connectivity index (χ3v) is 6.14. The van der Waals surface area contributed by atoms with E-state index in [2.05, 4.69) is 5.32 Å². The van der Waals surface area contributed by atoms with Gasteiger partial charge in [-0.05, 0) is 31.5 Å². The molecule has 21 heavy (non-hydrogen) atoms. The molecule has 1 amide bonds. The molecule has 116 valence electrons. The predicted molar refractivity (Wildman–Crippen MR) is 80.3 cm³/mol. The third-order valence-electron chi connectivity index (χ3n) is 3.58. The summed E-state index contributed by atoms with van der Waals surface area (Å²) in [7, 11) is -3.86. The summed E-state index contributed by atoms with van der Waals surface area (Å²) in [4.78, 5) is 11.9. The second kappa shape index (κ2) is 5.57. The number of hydrogen-bond donors (Lipinski definition) is 2. The normalized spacial score (nSPS) is 19.3. The van der Waals surface area contributed by atoms with Gasteiger partial charge in [-0.3, -0.25) is 4.79 Å². The number of benzene rings is 1. The number of piperazine rings is 1. The molecule has 6 nitrogen and oxygen atoms in total. The molecule has 3 N–H and O–H groups in total. The van der Waals surface area contributed by atoms with Crippen LogP contribution in [0.3, 0.4) is 0 Å². The standard InChI is InChI=1S/C13H18ClN3O3S/c1-13(2)12(18)16-5-6-17(13)21(19,20)11-4-3-9(8-15)7-10(11)14/h3-4,7H,5-6,8,15H2,1-2H3,(H,16,18). The van der Waals surface area contributed by atoms with Gasteiger partial charge in [-0.25, -0.2) is 8.42 Å². The quantitative estimate of drug-likeness (QED) is 0.852. The lowest BCUT2D eigenvalue weighted by atomic mass is 10.0. The van der Waals surface area contributed by atoms with Gasteiger partial charge in [0, 0.05) is 19.6 Å². The van der Waals surface area contributed by atoms with Crippen LogP contribution < -0.4 is 11.1 Å². The topological polar surface area (TPSA) is 92.5 Å². The van der Waals surface area contributed by atoms with Crippen LogP contribution in [-0.4, -0.2) is 37.3 Å². The average Bonchev–Trinajstić information content (AvgIpc) is 2.41. The first-order valence-corrected chi connectivity index (χ1v) is 8.32. The van der Waals surface area contributed by atoms with E-state index in [4.69, 9.17) is 17.3 Å². The number of carbonyl (C=O) groups is 1. The fraction of sp³-hybridized carbons (Fsp3) is 0.462. The molecular formula is C13H18ClN3O3S. The molecule has 1 aliphatic heterocycles.